The minimum absolute atomic E-state index is 0.556. The Morgan fingerprint density at radius 2 is 2.23 bits per heavy atom. The first-order valence-corrected chi connectivity index (χ1v) is 4.98. The largest absolute Gasteiger partial charge is 0.383 e. The van der Waals surface area contributed by atoms with Gasteiger partial charge >= 0.3 is 0 Å². The van der Waals surface area contributed by atoms with Gasteiger partial charge < -0.3 is 5.73 Å². The van der Waals surface area contributed by atoms with Crippen molar-refractivity contribution in [3.05, 3.63) is 34.7 Å². The molecule has 0 aliphatic carbocycles. The fourth-order valence-corrected chi connectivity index (χ4v) is 1.94. The van der Waals surface area contributed by atoms with E-state index >= 15 is 0 Å². The van der Waals surface area contributed by atoms with Gasteiger partial charge in [0.25, 0.3) is 0 Å². The second-order valence-electron chi connectivity index (χ2n) is 2.59. The van der Waals surface area contributed by atoms with Crippen LogP contribution < -0.4 is 5.73 Å². The summed E-state index contributed by atoms with van der Waals surface area (Å²) in [4.78, 5) is 4.16. The Labute approximate surface area is 85.0 Å². The van der Waals surface area contributed by atoms with Gasteiger partial charge in [0.15, 0.2) is 0 Å². The molecule has 2 N–H and O–H groups in total. The van der Waals surface area contributed by atoms with E-state index in [0.717, 1.165) is 10.6 Å². The lowest BCUT2D eigenvalue weighted by Crippen LogP contribution is -1.83. The molecule has 13 heavy (non-hydrogen) atoms. The zero-order valence-electron chi connectivity index (χ0n) is 6.70. The minimum atomic E-state index is 0.556. The number of anilines is 1. The van der Waals surface area contributed by atoms with Crippen molar-refractivity contribution in [2.24, 2.45) is 0 Å². The second kappa shape index (κ2) is 3.36. The Hall–Kier alpha value is -1.06. The molecule has 0 amide bonds. The van der Waals surface area contributed by atoms with Crippen LogP contribution in [0.4, 0.5) is 5.82 Å². The van der Waals surface area contributed by atoms with Crippen LogP contribution in [0.25, 0.3) is 10.6 Å². The van der Waals surface area contributed by atoms with E-state index in [1.807, 2.05) is 29.6 Å². The highest BCUT2D eigenvalue weighted by Gasteiger charge is 2.02. The van der Waals surface area contributed by atoms with Gasteiger partial charge in [-0.15, -0.1) is 11.3 Å². The molecule has 0 aliphatic heterocycles. The van der Waals surface area contributed by atoms with Gasteiger partial charge in [0, 0.05) is 16.0 Å². The summed E-state index contributed by atoms with van der Waals surface area (Å²) in [6, 6.07) is 7.57. The van der Waals surface area contributed by atoms with Crippen molar-refractivity contribution in [3.8, 4) is 10.6 Å². The molecule has 0 saturated heterocycles. The van der Waals surface area contributed by atoms with E-state index in [2.05, 4.69) is 4.98 Å². The van der Waals surface area contributed by atoms with Crippen molar-refractivity contribution in [1.82, 2.24) is 4.98 Å². The van der Waals surface area contributed by atoms with E-state index in [9.17, 15) is 0 Å². The fraction of sp³-hybridized carbons (Fsp3) is 0. The van der Waals surface area contributed by atoms with Gasteiger partial charge in [0.2, 0.25) is 0 Å². The summed E-state index contributed by atoms with van der Waals surface area (Å²) in [5.41, 5.74) is 6.53. The van der Waals surface area contributed by atoms with Crippen molar-refractivity contribution < 1.29 is 0 Å². The maximum atomic E-state index is 5.85. The summed E-state index contributed by atoms with van der Waals surface area (Å²) in [6.45, 7) is 0. The minimum Gasteiger partial charge on any atom is -0.383 e. The van der Waals surface area contributed by atoms with Gasteiger partial charge in [0.1, 0.15) is 10.8 Å². The molecule has 0 unspecified atom stereocenters. The third kappa shape index (κ3) is 1.82. The van der Waals surface area contributed by atoms with Crippen molar-refractivity contribution >= 4 is 28.8 Å². The number of nitrogens with two attached hydrogens (primary N) is 1. The van der Waals surface area contributed by atoms with Crippen LogP contribution in [0.3, 0.4) is 0 Å². The third-order valence-electron chi connectivity index (χ3n) is 1.59. The lowest BCUT2D eigenvalue weighted by molar-refractivity contribution is 1.42. The van der Waals surface area contributed by atoms with E-state index in [-0.39, 0.29) is 0 Å². The first-order chi connectivity index (χ1) is 6.25. The SMILES string of the molecule is Nc1csc(-c2cccc(Cl)c2)n1. The summed E-state index contributed by atoms with van der Waals surface area (Å²) in [5.74, 6) is 0.556. The topological polar surface area (TPSA) is 38.9 Å². The highest BCUT2D eigenvalue weighted by molar-refractivity contribution is 7.13. The second-order valence-corrected chi connectivity index (χ2v) is 3.88. The molecule has 2 aromatic rings. The Kier molecular flexibility index (Phi) is 2.20. The van der Waals surface area contributed by atoms with Crippen molar-refractivity contribution in [3.63, 3.8) is 0 Å². The molecule has 1 aromatic heterocycles. The molecular weight excluding hydrogens is 204 g/mol. The number of hydrogen-bond donors (Lipinski definition) is 1. The quantitative estimate of drug-likeness (QED) is 0.786. The number of halogens is 1. The molecule has 0 aliphatic rings. The maximum Gasteiger partial charge on any atom is 0.135 e. The molecule has 0 bridgehead atoms. The molecular formula is C9H7ClN2S. The molecule has 0 saturated carbocycles. The third-order valence-corrected chi connectivity index (χ3v) is 2.74. The Morgan fingerprint density at radius 3 is 2.85 bits per heavy atom. The average Bonchev–Trinajstić information content (AvgIpc) is 2.52. The lowest BCUT2D eigenvalue weighted by Gasteiger charge is -1.95. The molecule has 2 nitrogen and oxygen atoms in total. The first kappa shape index (κ1) is 8.53. The van der Waals surface area contributed by atoms with Crippen molar-refractivity contribution in [2.75, 3.05) is 5.73 Å². The molecule has 4 heteroatoms. The molecule has 2 rings (SSSR count). The molecule has 1 aromatic carbocycles. The van der Waals surface area contributed by atoms with Gasteiger partial charge in [-0.25, -0.2) is 4.98 Å². The summed E-state index contributed by atoms with van der Waals surface area (Å²) < 4.78 is 0. The summed E-state index contributed by atoms with van der Waals surface area (Å²) in [5, 5.41) is 3.43. The smallest absolute Gasteiger partial charge is 0.135 e. The van der Waals surface area contributed by atoms with Crippen LogP contribution in [0.5, 0.6) is 0 Å². The molecule has 0 fully saturated rings. The van der Waals surface area contributed by atoms with Gasteiger partial charge in [-0.3, -0.25) is 0 Å². The first-order valence-electron chi connectivity index (χ1n) is 3.72. The molecule has 1 heterocycles. The predicted molar refractivity (Wildman–Crippen MR) is 57.0 cm³/mol. The van der Waals surface area contributed by atoms with Crippen LogP contribution >= 0.6 is 22.9 Å². The van der Waals surface area contributed by atoms with Crippen LogP contribution in [0.1, 0.15) is 0 Å². The molecule has 66 valence electrons. The van der Waals surface area contributed by atoms with E-state index in [4.69, 9.17) is 17.3 Å². The molecule has 0 radical (unpaired) electrons. The van der Waals surface area contributed by atoms with E-state index in [1.54, 1.807) is 0 Å². The van der Waals surface area contributed by atoms with Gasteiger partial charge in [-0.05, 0) is 12.1 Å². The van der Waals surface area contributed by atoms with Crippen LogP contribution in [-0.2, 0) is 0 Å². The zero-order chi connectivity index (χ0) is 9.26. The highest BCUT2D eigenvalue weighted by Crippen LogP contribution is 2.26. The van der Waals surface area contributed by atoms with Crippen LogP contribution in [0.2, 0.25) is 5.02 Å². The number of nitrogens with zero attached hydrogens (tertiary/aromatic N) is 1. The number of thiazole rings is 1. The van der Waals surface area contributed by atoms with E-state index < -0.39 is 0 Å². The van der Waals surface area contributed by atoms with Gasteiger partial charge in [-0.2, -0.15) is 0 Å². The highest BCUT2D eigenvalue weighted by atomic mass is 35.5. The van der Waals surface area contributed by atoms with E-state index in [0.29, 0.717) is 10.8 Å². The Morgan fingerprint density at radius 1 is 1.38 bits per heavy atom. The number of rotatable bonds is 1. The summed E-state index contributed by atoms with van der Waals surface area (Å²) >= 11 is 7.36. The number of benzene rings is 1. The van der Waals surface area contributed by atoms with Gasteiger partial charge in [-0.1, -0.05) is 23.7 Å². The summed E-state index contributed by atoms with van der Waals surface area (Å²) in [6.07, 6.45) is 0. The monoisotopic (exact) mass is 210 g/mol. The average molecular weight is 211 g/mol. The van der Waals surface area contributed by atoms with E-state index in [1.165, 1.54) is 11.3 Å². The lowest BCUT2D eigenvalue weighted by atomic mass is 10.2. The van der Waals surface area contributed by atoms with Crippen LogP contribution in [0.15, 0.2) is 29.6 Å². The van der Waals surface area contributed by atoms with Gasteiger partial charge in [0.05, 0.1) is 0 Å². The van der Waals surface area contributed by atoms with Crippen LogP contribution in [0, 0.1) is 0 Å². The normalized spacial score (nSPS) is 10.2. The fourth-order valence-electron chi connectivity index (χ4n) is 1.04. The van der Waals surface area contributed by atoms with Crippen molar-refractivity contribution in [1.29, 1.82) is 0 Å². The predicted octanol–water partition coefficient (Wildman–Crippen LogP) is 3.05. The van der Waals surface area contributed by atoms with Crippen LogP contribution in [-0.4, -0.2) is 4.98 Å². The standard InChI is InChI=1S/C9H7ClN2S/c10-7-3-1-2-6(4-7)9-12-8(11)5-13-9/h1-5H,11H2. The number of aromatic nitrogens is 1. The maximum absolute atomic E-state index is 5.85. The zero-order valence-corrected chi connectivity index (χ0v) is 8.27. The summed E-state index contributed by atoms with van der Waals surface area (Å²) in [7, 11) is 0. The molecule has 0 spiro atoms. The Bertz CT molecular complexity index is 425. The number of nitrogen functional groups attached to an aromatic ring is 1. The Balaban J connectivity index is 2.46. The number of hydrogen-bond acceptors (Lipinski definition) is 3. The molecule has 0 atom stereocenters. The van der Waals surface area contributed by atoms with Crippen molar-refractivity contribution in [2.45, 2.75) is 0 Å².